The molecule has 1 N–H and O–H groups in total. The van der Waals surface area contributed by atoms with Gasteiger partial charge in [0.05, 0.1) is 19.1 Å². The number of carbonyl (C=O) groups is 2. The summed E-state index contributed by atoms with van der Waals surface area (Å²) in [4.78, 5) is 28.8. The van der Waals surface area contributed by atoms with Gasteiger partial charge in [-0.05, 0) is 60.4 Å². The number of halogens is 1. The average molecular weight is 600 g/mol. The van der Waals surface area contributed by atoms with E-state index in [9.17, 15) is 18.0 Å². The molecule has 0 aliphatic heterocycles. The lowest BCUT2D eigenvalue weighted by Gasteiger charge is -2.32. The van der Waals surface area contributed by atoms with Gasteiger partial charge in [0.1, 0.15) is 11.8 Å². The molecule has 0 bridgehead atoms. The maximum Gasteiger partial charge on any atom is 0.243 e. The number of nitrogens with zero attached hydrogens (tertiary/aromatic N) is 2. The number of ether oxygens (including phenoxy) is 1. The molecule has 3 aromatic rings. The predicted octanol–water partition coefficient (Wildman–Crippen LogP) is 5.06. The summed E-state index contributed by atoms with van der Waals surface area (Å²) in [5.74, 6) is 0.144. The minimum atomic E-state index is -3.60. The van der Waals surface area contributed by atoms with Gasteiger partial charge in [0.2, 0.25) is 21.8 Å². The molecule has 220 valence electrons. The van der Waals surface area contributed by atoms with Crippen molar-refractivity contribution in [2.75, 3.05) is 30.8 Å². The first kappa shape index (κ1) is 32.0. The third kappa shape index (κ3) is 9.79. The molecule has 3 aromatic carbocycles. The molecule has 0 heterocycles. The number of hydrogen-bond acceptors (Lipinski definition) is 5. The summed E-state index contributed by atoms with van der Waals surface area (Å²) in [5, 5.41) is 3.53. The molecule has 0 radical (unpaired) electrons. The first-order valence-electron chi connectivity index (χ1n) is 13.6. The van der Waals surface area contributed by atoms with E-state index in [1.165, 1.54) is 11.4 Å². The first-order chi connectivity index (χ1) is 19.6. The Morgan fingerprint density at radius 1 is 0.951 bits per heavy atom. The summed E-state index contributed by atoms with van der Waals surface area (Å²) >= 11 is 6.09. The highest BCUT2D eigenvalue weighted by Crippen LogP contribution is 2.23. The van der Waals surface area contributed by atoms with Crippen LogP contribution in [0.5, 0.6) is 5.75 Å². The van der Waals surface area contributed by atoms with Crippen LogP contribution in [0.15, 0.2) is 78.9 Å². The molecule has 1 atom stereocenters. The van der Waals surface area contributed by atoms with Crippen molar-refractivity contribution < 1.29 is 22.7 Å². The molecular weight excluding hydrogens is 562 g/mol. The molecule has 0 spiro atoms. The zero-order valence-electron chi connectivity index (χ0n) is 23.8. The van der Waals surface area contributed by atoms with Gasteiger partial charge in [0.15, 0.2) is 0 Å². The van der Waals surface area contributed by atoms with E-state index in [1.807, 2.05) is 49.4 Å². The molecule has 41 heavy (non-hydrogen) atoms. The quantitative estimate of drug-likeness (QED) is 0.263. The molecule has 0 saturated carbocycles. The number of sulfonamides is 1. The number of nitrogens with one attached hydrogen (secondary N) is 1. The Balaban J connectivity index is 1.85. The Morgan fingerprint density at radius 3 is 2.20 bits per heavy atom. The molecule has 0 aromatic heterocycles. The van der Waals surface area contributed by atoms with E-state index in [0.29, 0.717) is 29.4 Å². The minimum absolute atomic E-state index is 0.0577. The van der Waals surface area contributed by atoms with Crippen LogP contribution < -0.4 is 14.4 Å². The van der Waals surface area contributed by atoms with E-state index in [2.05, 4.69) is 5.32 Å². The molecule has 10 heteroatoms. The summed E-state index contributed by atoms with van der Waals surface area (Å²) in [6.45, 7) is 2.79. The van der Waals surface area contributed by atoms with Crippen molar-refractivity contribution in [3.8, 4) is 5.75 Å². The van der Waals surface area contributed by atoms with Gasteiger partial charge < -0.3 is 15.0 Å². The topological polar surface area (TPSA) is 96.0 Å². The first-order valence-corrected chi connectivity index (χ1v) is 15.8. The van der Waals surface area contributed by atoms with Crippen molar-refractivity contribution in [1.82, 2.24) is 10.2 Å². The van der Waals surface area contributed by atoms with Crippen molar-refractivity contribution in [1.29, 1.82) is 0 Å². The van der Waals surface area contributed by atoms with Gasteiger partial charge in [-0.15, -0.1) is 0 Å². The highest BCUT2D eigenvalue weighted by atomic mass is 35.5. The molecule has 0 unspecified atom stereocenters. The van der Waals surface area contributed by atoms with Crippen LogP contribution in [0.4, 0.5) is 5.69 Å². The van der Waals surface area contributed by atoms with Gasteiger partial charge >= 0.3 is 0 Å². The molecule has 0 aliphatic carbocycles. The second-order valence-corrected chi connectivity index (χ2v) is 12.1. The fourth-order valence-corrected chi connectivity index (χ4v) is 5.55. The number of benzene rings is 3. The van der Waals surface area contributed by atoms with Crippen molar-refractivity contribution in [2.45, 2.75) is 45.2 Å². The van der Waals surface area contributed by atoms with Crippen molar-refractivity contribution in [2.24, 2.45) is 0 Å². The number of amides is 2. The highest BCUT2D eigenvalue weighted by Gasteiger charge is 2.30. The molecule has 3 rings (SSSR count). The third-order valence-corrected chi connectivity index (χ3v) is 8.05. The lowest BCUT2D eigenvalue weighted by Crippen LogP contribution is -2.50. The number of hydrogen-bond donors (Lipinski definition) is 1. The van der Waals surface area contributed by atoms with Gasteiger partial charge in [0.25, 0.3) is 0 Å². The summed E-state index contributed by atoms with van der Waals surface area (Å²) in [5.41, 5.74) is 2.25. The molecular formula is C31H38ClN3O5S. The monoisotopic (exact) mass is 599 g/mol. The fourth-order valence-electron chi connectivity index (χ4n) is 4.46. The van der Waals surface area contributed by atoms with Gasteiger partial charge in [-0.3, -0.25) is 13.9 Å². The third-order valence-electron chi connectivity index (χ3n) is 6.60. The van der Waals surface area contributed by atoms with Gasteiger partial charge in [-0.2, -0.15) is 0 Å². The van der Waals surface area contributed by atoms with Crippen LogP contribution in [0.25, 0.3) is 0 Å². The van der Waals surface area contributed by atoms with Crippen LogP contribution in [-0.4, -0.2) is 57.6 Å². The maximum absolute atomic E-state index is 13.8. The van der Waals surface area contributed by atoms with Gasteiger partial charge in [-0.25, -0.2) is 8.42 Å². The fraction of sp³-hybridized carbons (Fsp3) is 0.355. The summed E-state index contributed by atoms with van der Waals surface area (Å²) in [7, 11) is -2.06. The minimum Gasteiger partial charge on any atom is -0.497 e. The Hall–Kier alpha value is -3.56. The van der Waals surface area contributed by atoms with Crippen LogP contribution in [0.1, 0.15) is 37.3 Å². The summed E-state index contributed by atoms with van der Waals surface area (Å²) in [6.07, 6.45) is 2.57. The second kappa shape index (κ2) is 15.4. The zero-order chi connectivity index (χ0) is 29.8. The number of anilines is 1. The molecule has 0 saturated heterocycles. The van der Waals surface area contributed by atoms with Crippen LogP contribution in [0.3, 0.4) is 0 Å². The Labute approximate surface area is 248 Å². The standard InChI is InChI=1S/C31H38ClN3O5S/c1-4-20-33-31(37)29(22-24-9-6-5-7-10-24)34(23-25-12-14-26(32)15-13-25)30(36)11-8-21-35(41(3,38)39)27-16-18-28(40-2)19-17-27/h5-7,9-10,12-19,29H,4,8,11,20-23H2,1-3H3,(H,33,37)/t29-/m1/s1. The van der Waals surface area contributed by atoms with Gasteiger partial charge in [-0.1, -0.05) is 61.0 Å². The Kier molecular flexibility index (Phi) is 12.0. The lowest BCUT2D eigenvalue weighted by molar-refractivity contribution is -0.141. The van der Waals surface area contributed by atoms with E-state index in [-0.39, 0.29) is 37.7 Å². The van der Waals surface area contributed by atoms with E-state index < -0.39 is 16.1 Å². The van der Waals surface area contributed by atoms with Gasteiger partial charge in [0, 0.05) is 37.5 Å². The average Bonchev–Trinajstić information content (AvgIpc) is 2.96. The van der Waals surface area contributed by atoms with E-state index >= 15 is 0 Å². The van der Waals surface area contributed by atoms with Crippen molar-refractivity contribution in [3.05, 3.63) is 95.0 Å². The summed E-state index contributed by atoms with van der Waals surface area (Å²) in [6, 6.07) is 22.7. The van der Waals surface area contributed by atoms with E-state index in [1.54, 1.807) is 41.3 Å². The molecule has 0 aliphatic rings. The SMILES string of the molecule is CCCNC(=O)[C@@H](Cc1ccccc1)N(Cc1ccc(Cl)cc1)C(=O)CCCN(c1ccc(OC)cc1)S(C)(=O)=O. The van der Waals surface area contributed by atoms with Crippen LogP contribution in [0.2, 0.25) is 5.02 Å². The highest BCUT2D eigenvalue weighted by molar-refractivity contribution is 7.92. The largest absolute Gasteiger partial charge is 0.497 e. The van der Waals surface area contributed by atoms with Crippen LogP contribution in [0, 0.1) is 0 Å². The second-order valence-electron chi connectivity index (χ2n) is 9.78. The number of methoxy groups -OCH3 is 1. The smallest absolute Gasteiger partial charge is 0.243 e. The zero-order valence-corrected chi connectivity index (χ0v) is 25.3. The van der Waals surface area contributed by atoms with Crippen molar-refractivity contribution in [3.63, 3.8) is 0 Å². The van der Waals surface area contributed by atoms with Crippen LogP contribution >= 0.6 is 11.6 Å². The Morgan fingerprint density at radius 2 is 1.61 bits per heavy atom. The Bertz CT molecular complexity index is 1370. The summed E-state index contributed by atoms with van der Waals surface area (Å²) < 4.78 is 31.7. The van der Waals surface area contributed by atoms with E-state index in [0.717, 1.165) is 23.8 Å². The maximum atomic E-state index is 13.8. The number of rotatable bonds is 15. The normalized spacial score (nSPS) is 11.9. The van der Waals surface area contributed by atoms with E-state index in [4.69, 9.17) is 16.3 Å². The van der Waals surface area contributed by atoms with Crippen molar-refractivity contribution >= 4 is 39.1 Å². The lowest BCUT2D eigenvalue weighted by atomic mass is 10.0. The van der Waals surface area contributed by atoms with Crippen LogP contribution in [-0.2, 0) is 32.6 Å². The molecule has 8 nitrogen and oxygen atoms in total. The molecule has 2 amide bonds. The number of carbonyl (C=O) groups excluding carboxylic acids is 2. The predicted molar refractivity (Wildman–Crippen MR) is 164 cm³/mol. The molecule has 0 fully saturated rings.